The minimum absolute atomic E-state index is 0.0697. The summed E-state index contributed by atoms with van der Waals surface area (Å²) < 4.78 is 0. The van der Waals surface area contributed by atoms with Crippen LogP contribution in [0.25, 0.3) is 0 Å². The van der Waals surface area contributed by atoms with Crippen LogP contribution < -0.4 is 11.1 Å². The zero-order chi connectivity index (χ0) is 13.5. The van der Waals surface area contributed by atoms with Crippen molar-refractivity contribution in [2.75, 3.05) is 0 Å². The van der Waals surface area contributed by atoms with E-state index < -0.39 is 0 Å². The van der Waals surface area contributed by atoms with Crippen molar-refractivity contribution in [3.63, 3.8) is 0 Å². The molecule has 0 aliphatic carbocycles. The Bertz CT molecular complexity index is 369. The molecule has 0 spiro atoms. The van der Waals surface area contributed by atoms with Crippen molar-refractivity contribution in [3.05, 3.63) is 35.4 Å². The molecule has 3 N–H and O–H groups in total. The Balaban J connectivity index is 2.37. The van der Waals surface area contributed by atoms with Crippen molar-refractivity contribution >= 4 is 5.91 Å². The third-order valence-electron chi connectivity index (χ3n) is 2.96. The summed E-state index contributed by atoms with van der Waals surface area (Å²) in [6, 6.07) is 8.46. The molecule has 1 aromatic carbocycles. The summed E-state index contributed by atoms with van der Waals surface area (Å²) >= 11 is 0. The lowest BCUT2D eigenvalue weighted by atomic mass is 10.0. The minimum atomic E-state index is 0.0697. The van der Waals surface area contributed by atoms with E-state index in [2.05, 4.69) is 43.4 Å². The first-order valence-electron chi connectivity index (χ1n) is 6.60. The largest absolute Gasteiger partial charge is 0.352 e. The summed E-state index contributed by atoms with van der Waals surface area (Å²) in [5, 5.41) is 2.91. The number of hydrogen-bond acceptors (Lipinski definition) is 2. The van der Waals surface area contributed by atoms with Gasteiger partial charge in [-0.1, -0.05) is 38.1 Å². The van der Waals surface area contributed by atoms with Crippen LogP contribution in [0.4, 0.5) is 0 Å². The first-order chi connectivity index (χ1) is 8.49. The SMILES string of the molecule is CC(N)CCC(=O)NCc1ccc(C(C)C)cc1. The number of carbonyl (C=O) groups is 1. The lowest BCUT2D eigenvalue weighted by Gasteiger charge is -2.09. The molecule has 3 nitrogen and oxygen atoms in total. The summed E-state index contributed by atoms with van der Waals surface area (Å²) in [4.78, 5) is 11.5. The molecule has 0 radical (unpaired) electrons. The highest BCUT2D eigenvalue weighted by Crippen LogP contribution is 2.14. The fraction of sp³-hybridized carbons (Fsp3) is 0.533. The highest BCUT2D eigenvalue weighted by molar-refractivity contribution is 5.75. The van der Waals surface area contributed by atoms with Crippen LogP contribution in [-0.4, -0.2) is 11.9 Å². The normalized spacial score (nSPS) is 12.5. The Morgan fingerprint density at radius 1 is 1.22 bits per heavy atom. The van der Waals surface area contributed by atoms with Gasteiger partial charge in [-0.25, -0.2) is 0 Å². The molecule has 0 aromatic heterocycles. The number of hydrogen-bond donors (Lipinski definition) is 2. The molecule has 1 atom stereocenters. The fourth-order valence-corrected chi connectivity index (χ4v) is 1.67. The van der Waals surface area contributed by atoms with E-state index in [0.717, 1.165) is 12.0 Å². The zero-order valence-corrected chi connectivity index (χ0v) is 11.6. The van der Waals surface area contributed by atoms with Gasteiger partial charge in [-0.3, -0.25) is 4.79 Å². The average Bonchev–Trinajstić information content (AvgIpc) is 2.34. The number of rotatable bonds is 6. The molecule has 0 fully saturated rings. The molecule has 3 heteroatoms. The highest BCUT2D eigenvalue weighted by Gasteiger charge is 2.04. The van der Waals surface area contributed by atoms with Gasteiger partial charge in [0.1, 0.15) is 0 Å². The van der Waals surface area contributed by atoms with E-state index in [1.165, 1.54) is 5.56 Å². The third kappa shape index (κ3) is 5.32. The molecule has 0 saturated carbocycles. The molecule has 1 unspecified atom stereocenters. The van der Waals surface area contributed by atoms with Gasteiger partial charge in [0.2, 0.25) is 5.91 Å². The summed E-state index contributed by atoms with van der Waals surface area (Å²) in [6.07, 6.45) is 1.24. The number of carbonyl (C=O) groups excluding carboxylic acids is 1. The van der Waals surface area contributed by atoms with Gasteiger partial charge >= 0.3 is 0 Å². The zero-order valence-electron chi connectivity index (χ0n) is 11.6. The Morgan fingerprint density at radius 3 is 2.33 bits per heavy atom. The van der Waals surface area contributed by atoms with Gasteiger partial charge in [0, 0.05) is 19.0 Å². The van der Waals surface area contributed by atoms with E-state index >= 15 is 0 Å². The maximum Gasteiger partial charge on any atom is 0.220 e. The molecule has 0 heterocycles. The van der Waals surface area contributed by atoms with Gasteiger partial charge in [-0.2, -0.15) is 0 Å². The van der Waals surface area contributed by atoms with Gasteiger partial charge in [0.05, 0.1) is 0 Å². The van der Waals surface area contributed by atoms with Crippen LogP contribution >= 0.6 is 0 Å². The third-order valence-corrected chi connectivity index (χ3v) is 2.96. The van der Waals surface area contributed by atoms with Crippen molar-refractivity contribution < 1.29 is 4.79 Å². The van der Waals surface area contributed by atoms with Crippen molar-refractivity contribution in [1.82, 2.24) is 5.32 Å². The van der Waals surface area contributed by atoms with Crippen LogP contribution in [-0.2, 0) is 11.3 Å². The number of nitrogens with one attached hydrogen (secondary N) is 1. The molecule has 1 aromatic rings. The Kier molecular flexibility index (Phi) is 5.86. The molecular formula is C15H24N2O. The molecular weight excluding hydrogens is 224 g/mol. The number of nitrogens with two attached hydrogens (primary N) is 1. The summed E-state index contributed by atoms with van der Waals surface area (Å²) in [5.41, 5.74) is 8.07. The molecule has 18 heavy (non-hydrogen) atoms. The van der Waals surface area contributed by atoms with Crippen LogP contribution in [0, 0.1) is 0 Å². The van der Waals surface area contributed by atoms with Crippen LogP contribution in [0.3, 0.4) is 0 Å². The van der Waals surface area contributed by atoms with Crippen LogP contribution in [0.15, 0.2) is 24.3 Å². The fourth-order valence-electron chi connectivity index (χ4n) is 1.67. The van der Waals surface area contributed by atoms with Gasteiger partial charge < -0.3 is 11.1 Å². The van der Waals surface area contributed by atoms with E-state index in [1.54, 1.807) is 0 Å². The quantitative estimate of drug-likeness (QED) is 0.813. The predicted molar refractivity (Wildman–Crippen MR) is 75.3 cm³/mol. The standard InChI is InChI=1S/C15H24N2O/c1-11(2)14-7-5-13(6-8-14)10-17-15(18)9-4-12(3)16/h5-8,11-12H,4,9-10,16H2,1-3H3,(H,17,18). The van der Waals surface area contributed by atoms with Gasteiger partial charge in [0.15, 0.2) is 0 Å². The summed E-state index contributed by atoms with van der Waals surface area (Å²) in [6.45, 7) is 6.85. The second-order valence-electron chi connectivity index (χ2n) is 5.19. The van der Waals surface area contributed by atoms with E-state index in [1.807, 2.05) is 6.92 Å². The molecule has 100 valence electrons. The molecule has 1 amide bonds. The Labute approximate surface area is 110 Å². The minimum Gasteiger partial charge on any atom is -0.352 e. The second-order valence-corrected chi connectivity index (χ2v) is 5.19. The molecule has 0 aliphatic rings. The van der Waals surface area contributed by atoms with Gasteiger partial charge in [0.25, 0.3) is 0 Å². The smallest absolute Gasteiger partial charge is 0.220 e. The second kappa shape index (κ2) is 7.17. The summed E-state index contributed by atoms with van der Waals surface area (Å²) in [7, 11) is 0. The monoisotopic (exact) mass is 248 g/mol. The van der Waals surface area contributed by atoms with Crippen LogP contribution in [0.5, 0.6) is 0 Å². The Hall–Kier alpha value is -1.35. The van der Waals surface area contributed by atoms with E-state index in [-0.39, 0.29) is 11.9 Å². The molecule has 0 bridgehead atoms. The number of amides is 1. The Morgan fingerprint density at radius 2 is 1.83 bits per heavy atom. The molecule has 1 rings (SSSR count). The maximum absolute atomic E-state index is 11.5. The highest BCUT2D eigenvalue weighted by atomic mass is 16.1. The van der Waals surface area contributed by atoms with Crippen molar-refractivity contribution in [3.8, 4) is 0 Å². The maximum atomic E-state index is 11.5. The van der Waals surface area contributed by atoms with Crippen molar-refractivity contribution in [1.29, 1.82) is 0 Å². The lowest BCUT2D eigenvalue weighted by Crippen LogP contribution is -2.25. The first kappa shape index (κ1) is 14.7. The van der Waals surface area contributed by atoms with Crippen LogP contribution in [0.1, 0.15) is 50.7 Å². The van der Waals surface area contributed by atoms with Crippen molar-refractivity contribution in [2.45, 2.75) is 52.1 Å². The average molecular weight is 248 g/mol. The lowest BCUT2D eigenvalue weighted by molar-refractivity contribution is -0.121. The predicted octanol–water partition coefficient (Wildman–Crippen LogP) is 2.55. The van der Waals surface area contributed by atoms with E-state index in [4.69, 9.17) is 5.73 Å². The molecule has 0 aliphatic heterocycles. The first-order valence-corrected chi connectivity index (χ1v) is 6.60. The topological polar surface area (TPSA) is 55.1 Å². The summed E-state index contributed by atoms with van der Waals surface area (Å²) in [5.74, 6) is 0.611. The van der Waals surface area contributed by atoms with Crippen molar-refractivity contribution in [2.24, 2.45) is 5.73 Å². The van der Waals surface area contributed by atoms with Gasteiger partial charge in [-0.15, -0.1) is 0 Å². The van der Waals surface area contributed by atoms with E-state index in [9.17, 15) is 4.79 Å². The van der Waals surface area contributed by atoms with E-state index in [0.29, 0.717) is 18.9 Å². The van der Waals surface area contributed by atoms with Crippen LogP contribution in [0.2, 0.25) is 0 Å². The molecule has 0 saturated heterocycles. The number of benzene rings is 1. The van der Waals surface area contributed by atoms with Gasteiger partial charge in [-0.05, 0) is 30.4 Å².